The zero-order chi connectivity index (χ0) is 14.8. The van der Waals surface area contributed by atoms with Gasteiger partial charge in [0.1, 0.15) is 5.82 Å². The molecule has 0 spiro atoms. The Balaban J connectivity index is 2.38. The van der Waals surface area contributed by atoms with E-state index in [0.29, 0.717) is 0 Å². The molecule has 1 atom stereocenters. The van der Waals surface area contributed by atoms with E-state index in [1.54, 1.807) is 12.1 Å². The molecule has 20 heavy (non-hydrogen) atoms. The van der Waals surface area contributed by atoms with E-state index in [9.17, 15) is 4.39 Å². The molecule has 1 nitrogen and oxygen atoms in total. The van der Waals surface area contributed by atoms with Gasteiger partial charge in [-0.05, 0) is 30.5 Å². The second-order valence-electron chi connectivity index (χ2n) is 5.89. The average Bonchev–Trinajstić information content (AvgIpc) is 2.46. The van der Waals surface area contributed by atoms with Crippen LogP contribution in [0.5, 0.6) is 0 Å². The Hall–Kier alpha value is -0.890. The first-order valence-electron chi connectivity index (χ1n) is 8.17. The highest BCUT2D eigenvalue weighted by atomic mass is 19.1. The third kappa shape index (κ3) is 5.62. The fraction of sp³-hybridized carbons (Fsp3) is 0.667. The van der Waals surface area contributed by atoms with Crippen LogP contribution in [0.15, 0.2) is 24.3 Å². The molecule has 114 valence electrons. The van der Waals surface area contributed by atoms with Crippen LogP contribution in [-0.2, 0) is 5.54 Å². The Morgan fingerprint density at radius 2 is 1.65 bits per heavy atom. The van der Waals surface area contributed by atoms with Crippen molar-refractivity contribution >= 4 is 0 Å². The van der Waals surface area contributed by atoms with Crippen molar-refractivity contribution in [3.63, 3.8) is 0 Å². The van der Waals surface area contributed by atoms with E-state index in [-0.39, 0.29) is 11.4 Å². The molecule has 0 bridgehead atoms. The highest BCUT2D eigenvalue weighted by molar-refractivity contribution is 5.24. The van der Waals surface area contributed by atoms with E-state index in [2.05, 4.69) is 13.8 Å². The molecule has 0 aliphatic heterocycles. The van der Waals surface area contributed by atoms with Crippen LogP contribution in [0.2, 0.25) is 0 Å². The van der Waals surface area contributed by atoms with Crippen molar-refractivity contribution in [3.8, 4) is 0 Å². The van der Waals surface area contributed by atoms with Crippen LogP contribution >= 0.6 is 0 Å². The summed E-state index contributed by atoms with van der Waals surface area (Å²) in [5.41, 5.74) is 7.05. The first-order valence-corrected chi connectivity index (χ1v) is 8.17. The Morgan fingerprint density at radius 3 is 2.25 bits per heavy atom. The highest BCUT2D eigenvalue weighted by Gasteiger charge is 2.24. The van der Waals surface area contributed by atoms with Gasteiger partial charge in [-0.3, -0.25) is 0 Å². The van der Waals surface area contributed by atoms with Crippen molar-refractivity contribution in [2.45, 2.75) is 77.2 Å². The van der Waals surface area contributed by atoms with Gasteiger partial charge in [-0.2, -0.15) is 0 Å². The standard InChI is InChI=1S/C18H30FN/c1-3-5-6-7-8-9-10-14-18(20,4-2)16-12-11-13-17(19)15-16/h11-13,15H,3-10,14,20H2,1-2H3. The number of benzene rings is 1. The van der Waals surface area contributed by atoms with Crippen molar-refractivity contribution in [1.29, 1.82) is 0 Å². The molecular weight excluding hydrogens is 249 g/mol. The summed E-state index contributed by atoms with van der Waals surface area (Å²) in [6.07, 6.45) is 10.8. The lowest BCUT2D eigenvalue weighted by Gasteiger charge is -2.29. The molecular formula is C18H30FN. The number of unbranched alkanes of at least 4 members (excludes halogenated alkanes) is 6. The maximum absolute atomic E-state index is 13.3. The van der Waals surface area contributed by atoms with Crippen molar-refractivity contribution in [2.24, 2.45) is 5.73 Å². The van der Waals surface area contributed by atoms with Gasteiger partial charge in [-0.1, -0.05) is 70.9 Å². The SMILES string of the molecule is CCCCCCCCCC(N)(CC)c1cccc(F)c1. The predicted molar refractivity (Wildman–Crippen MR) is 85.2 cm³/mol. The van der Waals surface area contributed by atoms with Crippen molar-refractivity contribution in [3.05, 3.63) is 35.6 Å². The predicted octanol–water partition coefficient (Wildman–Crippen LogP) is 5.53. The summed E-state index contributed by atoms with van der Waals surface area (Å²) in [6.45, 7) is 4.33. The van der Waals surface area contributed by atoms with Crippen LogP contribution in [0.3, 0.4) is 0 Å². The monoisotopic (exact) mass is 279 g/mol. The largest absolute Gasteiger partial charge is 0.321 e. The van der Waals surface area contributed by atoms with Gasteiger partial charge in [0.2, 0.25) is 0 Å². The summed E-state index contributed by atoms with van der Waals surface area (Å²) >= 11 is 0. The lowest BCUT2D eigenvalue weighted by molar-refractivity contribution is 0.371. The molecule has 0 aliphatic rings. The number of halogens is 1. The molecule has 2 N–H and O–H groups in total. The third-order valence-corrected chi connectivity index (χ3v) is 4.26. The Bertz CT molecular complexity index is 377. The summed E-state index contributed by atoms with van der Waals surface area (Å²) < 4.78 is 13.3. The maximum atomic E-state index is 13.3. The molecule has 0 amide bonds. The second-order valence-corrected chi connectivity index (χ2v) is 5.89. The highest BCUT2D eigenvalue weighted by Crippen LogP contribution is 2.28. The first kappa shape index (κ1) is 17.2. The fourth-order valence-corrected chi connectivity index (χ4v) is 2.72. The van der Waals surface area contributed by atoms with Gasteiger partial charge in [0, 0.05) is 5.54 Å². The van der Waals surface area contributed by atoms with E-state index < -0.39 is 0 Å². The smallest absolute Gasteiger partial charge is 0.123 e. The van der Waals surface area contributed by atoms with Crippen LogP contribution in [-0.4, -0.2) is 0 Å². The molecule has 0 saturated carbocycles. The van der Waals surface area contributed by atoms with E-state index in [1.807, 2.05) is 6.07 Å². The van der Waals surface area contributed by atoms with E-state index in [0.717, 1.165) is 24.8 Å². The molecule has 0 aromatic heterocycles. The molecule has 1 aromatic rings. The Labute approximate surface area is 123 Å². The summed E-state index contributed by atoms with van der Waals surface area (Å²) in [7, 11) is 0. The third-order valence-electron chi connectivity index (χ3n) is 4.26. The van der Waals surface area contributed by atoms with Gasteiger partial charge < -0.3 is 5.73 Å². The molecule has 1 unspecified atom stereocenters. The molecule has 2 heteroatoms. The molecule has 0 fully saturated rings. The van der Waals surface area contributed by atoms with Gasteiger partial charge in [0.05, 0.1) is 0 Å². The van der Waals surface area contributed by atoms with Gasteiger partial charge in [0.15, 0.2) is 0 Å². The van der Waals surface area contributed by atoms with Crippen LogP contribution in [0, 0.1) is 5.82 Å². The average molecular weight is 279 g/mol. The lowest BCUT2D eigenvalue weighted by atomic mass is 9.83. The minimum atomic E-state index is -0.370. The zero-order valence-electron chi connectivity index (χ0n) is 13.1. The normalized spacial score (nSPS) is 14.2. The van der Waals surface area contributed by atoms with Crippen LogP contribution in [0.4, 0.5) is 4.39 Å². The number of nitrogens with two attached hydrogens (primary N) is 1. The van der Waals surface area contributed by atoms with Crippen LogP contribution in [0.1, 0.15) is 77.2 Å². The lowest BCUT2D eigenvalue weighted by Crippen LogP contribution is -2.36. The quantitative estimate of drug-likeness (QED) is 0.560. The summed E-state index contributed by atoms with van der Waals surface area (Å²) in [6, 6.07) is 6.78. The number of hydrogen-bond donors (Lipinski definition) is 1. The number of rotatable bonds is 10. The van der Waals surface area contributed by atoms with Crippen molar-refractivity contribution in [1.82, 2.24) is 0 Å². The Kier molecular flexibility index (Phi) is 7.83. The van der Waals surface area contributed by atoms with Gasteiger partial charge in [-0.25, -0.2) is 4.39 Å². The first-order chi connectivity index (χ1) is 9.62. The van der Waals surface area contributed by atoms with Crippen LogP contribution < -0.4 is 5.73 Å². The van der Waals surface area contributed by atoms with Crippen molar-refractivity contribution in [2.75, 3.05) is 0 Å². The summed E-state index contributed by atoms with van der Waals surface area (Å²) in [5.74, 6) is -0.189. The maximum Gasteiger partial charge on any atom is 0.123 e. The van der Waals surface area contributed by atoms with Gasteiger partial charge in [-0.15, -0.1) is 0 Å². The minimum Gasteiger partial charge on any atom is -0.321 e. The topological polar surface area (TPSA) is 26.0 Å². The zero-order valence-corrected chi connectivity index (χ0v) is 13.1. The molecule has 0 heterocycles. The van der Waals surface area contributed by atoms with E-state index in [1.165, 1.54) is 44.6 Å². The summed E-state index contributed by atoms with van der Waals surface area (Å²) in [5, 5.41) is 0. The van der Waals surface area contributed by atoms with E-state index in [4.69, 9.17) is 5.73 Å². The molecule has 1 rings (SSSR count). The number of hydrogen-bond acceptors (Lipinski definition) is 1. The summed E-state index contributed by atoms with van der Waals surface area (Å²) in [4.78, 5) is 0. The molecule has 0 aliphatic carbocycles. The molecule has 1 aromatic carbocycles. The Morgan fingerprint density at radius 1 is 1.00 bits per heavy atom. The van der Waals surface area contributed by atoms with Crippen molar-refractivity contribution < 1.29 is 4.39 Å². The van der Waals surface area contributed by atoms with Gasteiger partial charge >= 0.3 is 0 Å². The van der Waals surface area contributed by atoms with Gasteiger partial charge in [0.25, 0.3) is 0 Å². The molecule has 0 radical (unpaired) electrons. The minimum absolute atomic E-state index is 0.189. The van der Waals surface area contributed by atoms with E-state index >= 15 is 0 Å². The van der Waals surface area contributed by atoms with Crippen LogP contribution in [0.25, 0.3) is 0 Å². The molecule has 0 saturated heterocycles. The fourth-order valence-electron chi connectivity index (χ4n) is 2.72. The second kappa shape index (κ2) is 9.12.